The second kappa shape index (κ2) is 5.72. The fourth-order valence-electron chi connectivity index (χ4n) is 1.17. The van der Waals surface area contributed by atoms with Gasteiger partial charge in [-0.15, -0.1) is 11.8 Å². The summed E-state index contributed by atoms with van der Waals surface area (Å²) in [7, 11) is 1.65. The first-order valence-electron chi connectivity index (χ1n) is 4.52. The van der Waals surface area contributed by atoms with E-state index in [1.165, 1.54) is 0 Å². The van der Waals surface area contributed by atoms with Gasteiger partial charge in [0, 0.05) is 29.4 Å². The van der Waals surface area contributed by atoms with Crippen molar-refractivity contribution in [3.63, 3.8) is 0 Å². The Morgan fingerprint density at radius 3 is 2.80 bits per heavy atom. The molecule has 0 saturated carbocycles. The summed E-state index contributed by atoms with van der Waals surface area (Å²) >= 11 is 1.63. The molecule has 0 heterocycles. The SMILES string of the molecule is COCCSc1ccc([N+](=O)[O-])c(C)c1. The van der Waals surface area contributed by atoms with Gasteiger partial charge in [-0.3, -0.25) is 10.1 Å². The molecular weight excluding hydrogens is 214 g/mol. The van der Waals surface area contributed by atoms with Gasteiger partial charge in [0.15, 0.2) is 0 Å². The Kier molecular flexibility index (Phi) is 4.58. The van der Waals surface area contributed by atoms with Gasteiger partial charge >= 0.3 is 0 Å². The zero-order chi connectivity index (χ0) is 11.3. The molecule has 0 N–H and O–H groups in total. The Labute approximate surface area is 92.8 Å². The summed E-state index contributed by atoms with van der Waals surface area (Å²) in [5.41, 5.74) is 0.869. The maximum atomic E-state index is 10.6. The molecule has 1 aromatic carbocycles. The minimum absolute atomic E-state index is 0.172. The number of rotatable bonds is 5. The molecule has 0 aliphatic rings. The van der Waals surface area contributed by atoms with Crippen molar-refractivity contribution in [3.05, 3.63) is 33.9 Å². The van der Waals surface area contributed by atoms with Crippen LogP contribution in [0.15, 0.2) is 23.1 Å². The van der Waals surface area contributed by atoms with Crippen molar-refractivity contribution in [2.45, 2.75) is 11.8 Å². The van der Waals surface area contributed by atoms with E-state index in [0.717, 1.165) is 10.6 Å². The molecule has 82 valence electrons. The van der Waals surface area contributed by atoms with Gasteiger partial charge in [-0.25, -0.2) is 0 Å². The highest BCUT2D eigenvalue weighted by Gasteiger charge is 2.09. The lowest BCUT2D eigenvalue weighted by Crippen LogP contribution is -1.93. The number of thioether (sulfide) groups is 1. The first-order chi connectivity index (χ1) is 7.15. The summed E-state index contributed by atoms with van der Waals surface area (Å²) in [6, 6.07) is 5.15. The molecule has 0 aromatic heterocycles. The molecule has 4 nitrogen and oxygen atoms in total. The third kappa shape index (κ3) is 3.53. The van der Waals surface area contributed by atoms with Crippen LogP contribution in [0.25, 0.3) is 0 Å². The van der Waals surface area contributed by atoms with Crippen LogP contribution in [0.3, 0.4) is 0 Å². The Morgan fingerprint density at radius 1 is 1.53 bits per heavy atom. The highest BCUT2D eigenvalue weighted by Crippen LogP contribution is 2.25. The molecule has 0 atom stereocenters. The van der Waals surface area contributed by atoms with E-state index in [2.05, 4.69) is 0 Å². The predicted molar refractivity (Wildman–Crippen MR) is 60.4 cm³/mol. The number of methoxy groups -OCH3 is 1. The molecule has 0 saturated heterocycles. The smallest absolute Gasteiger partial charge is 0.272 e. The first-order valence-corrected chi connectivity index (χ1v) is 5.50. The number of hydrogen-bond donors (Lipinski definition) is 0. The van der Waals surface area contributed by atoms with Crippen LogP contribution >= 0.6 is 11.8 Å². The molecule has 15 heavy (non-hydrogen) atoms. The molecule has 1 rings (SSSR count). The van der Waals surface area contributed by atoms with E-state index >= 15 is 0 Å². The molecule has 0 fully saturated rings. The number of ether oxygens (including phenoxy) is 1. The van der Waals surface area contributed by atoms with Crippen molar-refractivity contribution in [1.29, 1.82) is 0 Å². The van der Waals surface area contributed by atoms with Crippen molar-refractivity contribution < 1.29 is 9.66 Å². The monoisotopic (exact) mass is 227 g/mol. The van der Waals surface area contributed by atoms with Crippen LogP contribution in [0, 0.1) is 17.0 Å². The summed E-state index contributed by atoms with van der Waals surface area (Å²) in [5, 5.41) is 10.6. The van der Waals surface area contributed by atoms with Crippen molar-refractivity contribution in [1.82, 2.24) is 0 Å². The number of aryl methyl sites for hydroxylation is 1. The molecule has 0 aliphatic carbocycles. The van der Waals surface area contributed by atoms with Crippen LogP contribution in [-0.2, 0) is 4.74 Å². The second-order valence-corrected chi connectivity index (χ2v) is 4.21. The maximum absolute atomic E-state index is 10.6. The maximum Gasteiger partial charge on any atom is 0.272 e. The Balaban J connectivity index is 2.69. The molecule has 5 heteroatoms. The molecule has 0 amide bonds. The topological polar surface area (TPSA) is 52.4 Å². The summed E-state index contributed by atoms with van der Waals surface area (Å²) in [5.74, 6) is 0.855. The van der Waals surface area contributed by atoms with E-state index in [4.69, 9.17) is 4.74 Å². The van der Waals surface area contributed by atoms with E-state index in [9.17, 15) is 10.1 Å². The molecular formula is C10H13NO3S. The molecule has 0 bridgehead atoms. The Hall–Kier alpha value is -1.07. The lowest BCUT2D eigenvalue weighted by Gasteiger charge is -2.02. The number of nitro benzene ring substituents is 1. The average Bonchev–Trinajstić information content (AvgIpc) is 2.17. The van der Waals surface area contributed by atoms with Crippen molar-refractivity contribution in [3.8, 4) is 0 Å². The number of nitrogens with zero attached hydrogens (tertiary/aromatic N) is 1. The average molecular weight is 227 g/mol. The fraction of sp³-hybridized carbons (Fsp3) is 0.400. The van der Waals surface area contributed by atoms with Gasteiger partial charge in [0.25, 0.3) is 5.69 Å². The molecule has 0 unspecified atom stereocenters. The van der Waals surface area contributed by atoms with Crippen LogP contribution in [-0.4, -0.2) is 24.4 Å². The van der Waals surface area contributed by atoms with E-state index in [1.807, 2.05) is 6.07 Å². The lowest BCUT2D eigenvalue weighted by atomic mass is 10.2. The van der Waals surface area contributed by atoms with Crippen molar-refractivity contribution >= 4 is 17.4 Å². The van der Waals surface area contributed by atoms with Crippen LogP contribution in [0.4, 0.5) is 5.69 Å². The van der Waals surface area contributed by atoms with E-state index < -0.39 is 0 Å². The molecule has 0 aliphatic heterocycles. The van der Waals surface area contributed by atoms with Gasteiger partial charge in [0.05, 0.1) is 11.5 Å². The van der Waals surface area contributed by atoms with Crippen molar-refractivity contribution in [2.24, 2.45) is 0 Å². The predicted octanol–water partition coefficient (Wildman–Crippen LogP) is 2.64. The Morgan fingerprint density at radius 2 is 2.27 bits per heavy atom. The largest absolute Gasteiger partial charge is 0.384 e. The third-order valence-corrected chi connectivity index (χ3v) is 2.88. The van der Waals surface area contributed by atoms with Crippen LogP contribution in [0.5, 0.6) is 0 Å². The van der Waals surface area contributed by atoms with Crippen LogP contribution < -0.4 is 0 Å². The second-order valence-electron chi connectivity index (χ2n) is 3.05. The summed E-state index contributed by atoms with van der Waals surface area (Å²) in [4.78, 5) is 11.2. The summed E-state index contributed by atoms with van der Waals surface area (Å²) in [6.45, 7) is 2.43. The number of benzene rings is 1. The van der Waals surface area contributed by atoms with Gasteiger partial charge in [0.2, 0.25) is 0 Å². The van der Waals surface area contributed by atoms with Gasteiger partial charge in [-0.05, 0) is 19.1 Å². The van der Waals surface area contributed by atoms with Gasteiger partial charge in [0.1, 0.15) is 0 Å². The van der Waals surface area contributed by atoms with E-state index in [-0.39, 0.29) is 10.6 Å². The van der Waals surface area contributed by atoms with Crippen molar-refractivity contribution in [2.75, 3.05) is 19.5 Å². The summed E-state index contributed by atoms with van der Waals surface area (Å²) < 4.78 is 4.93. The fourth-order valence-corrected chi connectivity index (χ4v) is 2.08. The number of hydrogen-bond acceptors (Lipinski definition) is 4. The lowest BCUT2D eigenvalue weighted by molar-refractivity contribution is -0.385. The Bertz CT molecular complexity index is 355. The van der Waals surface area contributed by atoms with E-state index in [0.29, 0.717) is 12.2 Å². The summed E-state index contributed by atoms with van der Waals surface area (Å²) in [6.07, 6.45) is 0. The van der Waals surface area contributed by atoms with Gasteiger partial charge < -0.3 is 4.74 Å². The number of nitro groups is 1. The van der Waals surface area contributed by atoms with Gasteiger partial charge in [-0.1, -0.05) is 0 Å². The highest BCUT2D eigenvalue weighted by atomic mass is 32.2. The van der Waals surface area contributed by atoms with Crippen LogP contribution in [0.2, 0.25) is 0 Å². The van der Waals surface area contributed by atoms with Gasteiger partial charge in [-0.2, -0.15) is 0 Å². The van der Waals surface area contributed by atoms with E-state index in [1.54, 1.807) is 37.9 Å². The third-order valence-electron chi connectivity index (χ3n) is 1.92. The zero-order valence-electron chi connectivity index (χ0n) is 8.73. The highest BCUT2D eigenvalue weighted by molar-refractivity contribution is 7.99. The quantitative estimate of drug-likeness (QED) is 0.336. The standard InChI is InChI=1S/C10H13NO3S/c1-8-7-9(15-6-5-14-2)3-4-10(8)11(12)13/h3-4,7H,5-6H2,1-2H3. The normalized spacial score (nSPS) is 10.3. The molecule has 0 radical (unpaired) electrons. The molecule has 1 aromatic rings. The zero-order valence-corrected chi connectivity index (χ0v) is 9.54. The first kappa shape index (κ1) is 12.0. The minimum Gasteiger partial charge on any atom is -0.384 e. The molecule has 0 spiro atoms. The van der Waals surface area contributed by atoms with Crippen LogP contribution in [0.1, 0.15) is 5.56 Å². The minimum atomic E-state index is -0.362.